The molecule has 0 amide bonds. The number of hydrogen-bond donors (Lipinski definition) is 1. The first-order valence-electron chi connectivity index (χ1n) is 7.60. The third kappa shape index (κ3) is 3.22. The van der Waals surface area contributed by atoms with Crippen LogP contribution < -0.4 is 10.7 Å². The van der Waals surface area contributed by atoms with E-state index in [4.69, 9.17) is 0 Å². The van der Waals surface area contributed by atoms with Crippen molar-refractivity contribution in [3.05, 3.63) is 57.5 Å². The molecule has 0 unspecified atom stereocenters. The Balaban J connectivity index is 1.91. The van der Waals surface area contributed by atoms with Crippen molar-refractivity contribution < 1.29 is 0 Å². The summed E-state index contributed by atoms with van der Waals surface area (Å²) >= 11 is 0. The Kier molecular flexibility index (Phi) is 3.88. The van der Waals surface area contributed by atoms with E-state index in [1.165, 1.54) is 18.4 Å². The predicted octanol–water partition coefficient (Wildman–Crippen LogP) is 2.36. The topological polar surface area (TPSA) is 46.9 Å². The van der Waals surface area contributed by atoms with E-state index in [0.29, 0.717) is 18.3 Å². The van der Waals surface area contributed by atoms with Gasteiger partial charge in [-0.15, -0.1) is 0 Å². The summed E-state index contributed by atoms with van der Waals surface area (Å²) in [5, 5.41) is 7.89. The van der Waals surface area contributed by atoms with Crippen LogP contribution in [0.4, 0.5) is 0 Å². The van der Waals surface area contributed by atoms with Gasteiger partial charge in [-0.05, 0) is 43.9 Å². The normalized spacial score (nSPS) is 14.4. The standard InChI is InChI=1S/C17H21N3O/c1-3-13-4-8-15(9-5-13)20-12(2)10-17(21)16(19-20)11-18-14-6-7-14/h4-5,8-10,14,18H,3,6-7,11H2,1-2H3. The van der Waals surface area contributed by atoms with Gasteiger partial charge in [-0.3, -0.25) is 4.79 Å². The van der Waals surface area contributed by atoms with E-state index in [1.54, 1.807) is 6.07 Å². The number of aromatic nitrogens is 2. The third-order valence-electron chi connectivity index (χ3n) is 3.90. The van der Waals surface area contributed by atoms with Crippen molar-refractivity contribution in [1.29, 1.82) is 0 Å². The molecule has 1 fully saturated rings. The Morgan fingerprint density at radius 1 is 1.29 bits per heavy atom. The summed E-state index contributed by atoms with van der Waals surface area (Å²) in [7, 11) is 0. The van der Waals surface area contributed by atoms with Crippen LogP contribution in [-0.2, 0) is 13.0 Å². The van der Waals surface area contributed by atoms with E-state index in [2.05, 4.69) is 41.6 Å². The first kappa shape index (κ1) is 14.0. The largest absolute Gasteiger partial charge is 0.308 e. The monoisotopic (exact) mass is 283 g/mol. The summed E-state index contributed by atoms with van der Waals surface area (Å²) in [5.74, 6) is 0. The first-order valence-corrected chi connectivity index (χ1v) is 7.60. The van der Waals surface area contributed by atoms with E-state index in [0.717, 1.165) is 17.8 Å². The van der Waals surface area contributed by atoms with Crippen LogP contribution in [0.1, 0.15) is 36.7 Å². The Morgan fingerprint density at radius 3 is 2.62 bits per heavy atom. The van der Waals surface area contributed by atoms with Crippen molar-refractivity contribution in [2.75, 3.05) is 0 Å². The lowest BCUT2D eigenvalue weighted by atomic mass is 10.1. The van der Waals surface area contributed by atoms with E-state index < -0.39 is 0 Å². The summed E-state index contributed by atoms with van der Waals surface area (Å²) in [6.45, 7) is 4.61. The zero-order valence-electron chi connectivity index (χ0n) is 12.6. The molecule has 1 saturated carbocycles. The van der Waals surface area contributed by atoms with Crippen LogP contribution in [0.2, 0.25) is 0 Å². The molecule has 21 heavy (non-hydrogen) atoms. The zero-order valence-corrected chi connectivity index (χ0v) is 12.6. The smallest absolute Gasteiger partial charge is 0.204 e. The molecule has 2 aromatic rings. The average molecular weight is 283 g/mol. The Bertz CT molecular complexity index is 684. The van der Waals surface area contributed by atoms with Gasteiger partial charge in [-0.1, -0.05) is 19.1 Å². The fourth-order valence-corrected chi connectivity index (χ4v) is 2.37. The predicted molar refractivity (Wildman–Crippen MR) is 83.8 cm³/mol. The summed E-state index contributed by atoms with van der Waals surface area (Å²) in [6, 6.07) is 10.6. The molecule has 4 nitrogen and oxygen atoms in total. The maximum absolute atomic E-state index is 12.0. The fourth-order valence-electron chi connectivity index (χ4n) is 2.37. The average Bonchev–Trinajstić information content (AvgIpc) is 3.31. The fraction of sp³-hybridized carbons (Fsp3) is 0.412. The van der Waals surface area contributed by atoms with Crippen molar-refractivity contribution >= 4 is 0 Å². The van der Waals surface area contributed by atoms with E-state index in [9.17, 15) is 4.79 Å². The van der Waals surface area contributed by atoms with Crippen LogP contribution in [0.25, 0.3) is 5.69 Å². The van der Waals surface area contributed by atoms with Crippen molar-refractivity contribution in [2.24, 2.45) is 0 Å². The highest BCUT2D eigenvalue weighted by atomic mass is 16.1. The zero-order chi connectivity index (χ0) is 14.8. The minimum atomic E-state index is 0.0158. The summed E-state index contributed by atoms with van der Waals surface area (Å²) in [6.07, 6.45) is 3.43. The highest BCUT2D eigenvalue weighted by Crippen LogP contribution is 2.18. The minimum absolute atomic E-state index is 0.0158. The van der Waals surface area contributed by atoms with E-state index in [-0.39, 0.29) is 5.43 Å². The Hall–Kier alpha value is -1.94. The van der Waals surface area contributed by atoms with Gasteiger partial charge in [0, 0.05) is 24.3 Å². The summed E-state index contributed by atoms with van der Waals surface area (Å²) < 4.78 is 1.85. The molecule has 1 aromatic heterocycles. The number of hydrogen-bond acceptors (Lipinski definition) is 3. The third-order valence-corrected chi connectivity index (χ3v) is 3.90. The van der Waals surface area contributed by atoms with Crippen molar-refractivity contribution in [3.8, 4) is 5.69 Å². The maximum atomic E-state index is 12.0. The van der Waals surface area contributed by atoms with Gasteiger partial charge in [-0.25, -0.2) is 4.68 Å². The van der Waals surface area contributed by atoms with Crippen LogP contribution in [0.15, 0.2) is 35.1 Å². The van der Waals surface area contributed by atoms with Gasteiger partial charge in [0.2, 0.25) is 5.43 Å². The first-order chi connectivity index (χ1) is 10.2. The molecule has 110 valence electrons. The quantitative estimate of drug-likeness (QED) is 0.916. The van der Waals surface area contributed by atoms with Crippen LogP contribution in [-0.4, -0.2) is 15.8 Å². The second-order valence-electron chi connectivity index (χ2n) is 5.68. The molecule has 4 heteroatoms. The molecule has 0 aliphatic heterocycles. The van der Waals surface area contributed by atoms with Gasteiger partial charge in [0.1, 0.15) is 5.69 Å². The maximum Gasteiger partial charge on any atom is 0.204 e. The highest BCUT2D eigenvalue weighted by Gasteiger charge is 2.21. The van der Waals surface area contributed by atoms with Crippen molar-refractivity contribution in [1.82, 2.24) is 15.1 Å². The van der Waals surface area contributed by atoms with E-state index in [1.807, 2.05) is 11.6 Å². The van der Waals surface area contributed by atoms with Crippen LogP contribution in [0, 0.1) is 6.92 Å². The molecule has 0 bridgehead atoms. The molecule has 1 aliphatic carbocycles. The number of aryl methyl sites for hydroxylation is 2. The van der Waals surface area contributed by atoms with Crippen molar-refractivity contribution in [3.63, 3.8) is 0 Å². The molecule has 1 N–H and O–H groups in total. The number of nitrogens with zero attached hydrogens (tertiary/aromatic N) is 2. The molecule has 0 saturated heterocycles. The highest BCUT2D eigenvalue weighted by molar-refractivity contribution is 5.35. The van der Waals surface area contributed by atoms with Gasteiger partial charge < -0.3 is 5.32 Å². The summed E-state index contributed by atoms with van der Waals surface area (Å²) in [4.78, 5) is 12.0. The van der Waals surface area contributed by atoms with Crippen LogP contribution >= 0.6 is 0 Å². The molecule has 1 aliphatic rings. The molecule has 0 spiro atoms. The molecule has 1 heterocycles. The lowest BCUT2D eigenvalue weighted by molar-refractivity contribution is 0.642. The molecule has 3 rings (SSSR count). The second-order valence-corrected chi connectivity index (χ2v) is 5.68. The Morgan fingerprint density at radius 2 is 2.00 bits per heavy atom. The molecule has 0 atom stereocenters. The number of benzene rings is 1. The van der Waals surface area contributed by atoms with Crippen LogP contribution in [0.3, 0.4) is 0 Å². The molecule has 1 aromatic carbocycles. The molecular formula is C17H21N3O. The molecular weight excluding hydrogens is 262 g/mol. The van der Waals surface area contributed by atoms with Gasteiger partial charge in [-0.2, -0.15) is 5.10 Å². The number of rotatable bonds is 5. The second kappa shape index (κ2) is 5.82. The van der Waals surface area contributed by atoms with Crippen LogP contribution in [0.5, 0.6) is 0 Å². The van der Waals surface area contributed by atoms with E-state index >= 15 is 0 Å². The summed E-state index contributed by atoms with van der Waals surface area (Å²) in [5.41, 5.74) is 3.76. The number of nitrogens with one attached hydrogen (secondary N) is 1. The Labute approximate surface area is 124 Å². The van der Waals surface area contributed by atoms with Gasteiger partial charge >= 0.3 is 0 Å². The lowest BCUT2D eigenvalue weighted by Crippen LogP contribution is -2.25. The van der Waals surface area contributed by atoms with Gasteiger partial charge in [0.05, 0.1) is 5.69 Å². The van der Waals surface area contributed by atoms with Gasteiger partial charge in [0.25, 0.3) is 0 Å². The van der Waals surface area contributed by atoms with Crippen molar-refractivity contribution in [2.45, 2.75) is 45.7 Å². The molecule has 0 radical (unpaired) electrons. The minimum Gasteiger partial charge on any atom is -0.308 e. The van der Waals surface area contributed by atoms with Gasteiger partial charge in [0.15, 0.2) is 0 Å². The lowest BCUT2D eigenvalue weighted by Gasteiger charge is -2.12. The SMILES string of the molecule is CCc1ccc(-n2nc(CNC3CC3)c(=O)cc2C)cc1.